The lowest BCUT2D eigenvalue weighted by Gasteiger charge is -2.35. The first-order chi connectivity index (χ1) is 7.61. The second-order valence-electron chi connectivity index (χ2n) is 4.58. The largest absolute Gasteiger partial charge is 0.343 e. The van der Waals surface area contributed by atoms with Gasteiger partial charge in [0.05, 0.1) is 6.54 Å². The summed E-state index contributed by atoms with van der Waals surface area (Å²) in [5.74, 6) is 0.0473. The Morgan fingerprint density at radius 3 is 2.75 bits per heavy atom. The monoisotopic (exact) mass is 242 g/mol. The standard InChI is InChI=1S/C11H18N2O2S/c1-7-11(15)13(6-10(14)12-7)8-3-4-9(5-8)16-2/h7-9H,3-6H2,1-2H3,(H,12,14). The molecular formula is C11H18N2O2S. The van der Waals surface area contributed by atoms with Crippen LogP contribution in [0.2, 0.25) is 0 Å². The van der Waals surface area contributed by atoms with Crippen LogP contribution >= 0.6 is 11.8 Å². The highest BCUT2D eigenvalue weighted by Crippen LogP contribution is 2.32. The van der Waals surface area contributed by atoms with Gasteiger partial charge in [-0.3, -0.25) is 9.59 Å². The van der Waals surface area contributed by atoms with Crippen LogP contribution in [-0.2, 0) is 9.59 Å². The number of hydrogen-bond donors (Lipinski definition) is 1. The molecule has 0 bridgehead atoms. The first-order valence-electron chi connectivity index (χ1n) is 5.74. The van der Waals surface area contributed by atoms with Crippen molar-refractivity contribution in [1.82, 2.24) is 10.2 Å². The topological polar surface area (TPSA) is 49.4 Å². The zero-order chi connectivity index (χ0) is 11.7. The number of amides is 2. The average molecular weight is 242 g/mol. The Balaban J connectivity index is 2.03. The Morgan fingerprint density at radius 2 is 2.12 bits per heavy atom. The smallest absolute Gasteiger partial charge is 0.245 e. The summed E-state index contributed by atoms with van der Waals surface area (Å²) in [6.07, 6.45) is 5.34. The van der Waals surface area contributed by atoms with Gasteiger partial charge < -0.3 is 10.2 Å². The molecule has 3 unspecified atom stereocenters. The Morgan fingerprint density at radius 1 is 1.38 bits per heavy atom. The molecule has 2 rings (SSSR count). The van der Waals surface area contributed by atoms with Crippen molar-refractivity contribution in [2.75, 3.05) is 12.8 Å². The van der Waals surface area contributed by atoms with Gasteiger partial charge in [-0.25, -0.2) is 0 Å². The van der Waals surface area contributed by atoms with Gasteiger partial charge in [0.15, 0.2) is 0 Å². The van der Waals surface area contributed by atoms with Gasteiger partial charge in [-0.2, -0.15) is 11.8 Å². The maximum atomic E-state index is 12.0. The Bertz CT molecular complexity index is 308. The summed E-state index contributed by atoms with van der Waals surface area (Å²) in [5.41, 5.74) is 0. The molecule has 3 atom stereocenters. The van der Waals surface area contributed by atoms with Gasteiger partial charge in [0, 0.05) is 11.3 Å². The van der Waals surface area contributed by atoms with Crippen LogP contribution in [0.1, 0.15) is 26.2 Å². The van der Waals surface area contributed by atoms with Crippen LogP contribution < -0.4 is 5.32 Å². The Hall–Kier alpha value is -0.710. The molecule has 0 radical (unpaired) electrons. The van der Waals surface area contributed by atoms with E-state index < -0.39 is 0 Å². The highest BCUT2D eigenvalue weighted by molar-refractivity contribution is 7.99. The van der Waals surface area contributed by atoms with Crippen molar-refractivity contribution in [2.24, 2.45) is 0 Å². The van der Waals surface area contributed by atoms with Crippen molar-refractivity contribution >= 4 is 23.6 Å². The van der Waals surface area contributed by atoms with Gasteiger partial charge in [-0.15, -0.1) is 0 Å². The minimum Gasteiger partial charge on any atom is -0.343 e. The van der Waals surface area contributed by atoms with Crippen molar-refractivity contribution in [3.63, 3.8) is 0 Å². The van der Waals surface area contributed by atoms with Gasteiger partial charge in [0.1, 0.15) is 6.04 Å². The summed E-state index contributed by atoms with van der Waals surface area (Å²) in [6.45, 7) is 2.00. The lowest BCUT2D eigenvalue weighted by molar-refractivity contribution is -0.146. The van der Waals surface area contributed by atoms with Gasteiger partial charge in [0.2, 0.25) is 11.8 Å². The molecule has 2 amide bonds. The van der Waals surface area contributed by atoms with E-state index in [0.717, 1.165) is 19.3 Å². The van der Waals surface area contributed by atoms with Crippen molar-refractivity contribution in [2.45, 2.75) is 43.5 Å². The Labute approximate surface area is 100 Å². The van der Waals surface area contributed by atoms with E-state index in [1.54, 1.807) is 11.8 Å². The fraction of sp³-hybridized carbons (Fsp3) is 0.818. The van der Waals surface area contributed by atoms with Gasteiger partial charge >= 0.3 is 0 Å². The normalized spacial score (nSPS) is 35.4. The molecule has 1 aliphatic carbocycles. The van der Waals surface area contributed by atoms with Crippen LogP contribution in [0.4, 0.5) is 0 Å². The molecule has 0 spiro atoms. The summed E-state index contributed by atoms with van der Waals surface area (Å²) in [4.78, 5) is 25.2. The van der Waals surface area contributed by atoms with E-state index in [1.807, 2.05) is 11.8 Å². The second kappa shape index (κ2) is 4.65. The van der Waals surface area contributed by atoms with E-state index in [4.69, 9.17) is 0 Å². The lowest BCUT2D eigenvalue weighted by Crippen LogP contribution is -2.59. The van der Waals surface area contributed by atoms with E-state index in [1.165, 1.54) is 0 Å². The summed E-state index contributed by atoms with van der Waals surface area (Å²) in [6, 6.07) is -0.0759. The number of rotatable bonds is 2. The van der Waals surface area contributed by atoms with Crippen molar-refractivity contribution < 1.29 is 9.59 Å². The van der Waals surface area contributed by atoms with Crippen LogP contribution in [0.3, 0.4) is 0 Å². The van der Waals surface area contributed by atoms with Crippen molar-refractivity contribution in [1.29, 1.82) is 0 Å². The summed E-state index contributed by atoms with van der Waals surface area (Å²) >= 11 is 1.86. The first kappa shape index (κ1) is 11.8. The maximum absolute atomic E-state index is 12.0. The quantitative estimate of drug-likeness (QED) is 0.772. The molecule has 0 aromatic carbocycles. The van der Waals surface area contributed by atoms with E-state index in [9.17, 15) is 9.59 Å². The van der Waals surface area contributed by atoms with Crippen molar-refractivity contribution in [3.8, 4) is 0 Å². The lowest BCUT2D eigenvalue weighted by atomic mass is 10.1. The van der Waals surface area contributed by atoms with Gasteiger partial charge in [-0.1, -0.05) is 0 Å². The van der Waals surface area contributed by atoms with Crippen LogP contribution in [0.15, 0.2) is 0 Å². The predicted molar refractivity (Wildman–Crippen MR) is 64.3 cm³/mol. The number of nitrogens with zero attached hydrogens (tertiary/aromatic N) is 1. The van der Waals surface area contributed by atoms with Crippen LogP contribution in [0.5, 0.6) is 0 Å². The third kappa shape index (κ3) is 2.19. The van der Waals surface area contributed by atoms with Crippen LogP contribution in [0.25, 0.3) is 0 Å². The summed E-state index contributed by atoms with van der Waals surface area (Å²) < 4.78 is 0. The predicted octanol–water partition coefficient (Wildman–Crippen LogP) is 0.617. The molecule has 16 heavy (non-hydrogen) atoms. The minimum absolute atomic E-state index is 0.0281. The van der Waals surface area contributed by atoms with Crippen LogP contribution in [-0.4, -0.2) is 46.8 Å². The fourth-order valence-electron chi connectivity index (χ4n) is 2.55. The van der Waals surface area contributed by atoms with E-state index in [-0.39, 0.29) is 30.4 Å². The van der Waals surface area contributed by atoms with E-state index in [0.29, 0.717) is 5.25 Å². The SMILES string of the molecule is CSC1CCC(N2CC(=O)NC(C)C2=O)C1. The average Bonchev–Trinajstić information content (AvgIpc) is 2.71. The first-order valence-corrected chi connectivity index (χ1v) is 7.03. The molecule has 0 aromatic rings. The second-order valence-corrected chi connectivity index (χ2v) is 5.72. The summed E-state index contributed by atoms with van der Waals surface area (Å²) in [7, 11) is 0. The molecule has 90 valence electrons. The number of piperazine rings is 1. The minimum atomic E-state index is -0.352. The molecule has 2 aliphatic rings. The number of carbonyl (C=O) groups is 2. The van der Waals surface area contributed by atoms with E-state index >= 15 is 0 Å². The number of hydrogen-bond acceptors (Lipinski definition) is 3. The molecule has 1 aliphatic heterocycles. The molecular weight excluding hydrogens is 224 g/mol. The van der Waals surface area contributed by atoms with Crippen LogP contribution in [0, 0.1) is 0 Å². The van der Waals surface area contributed by atoms with Crippen molar-refractivity contribution in [3.05, 3.63) is 0 Å². The fourth-order valence-corrected chi connectivity index (χ4v) is 3.34. The molecule has 4 nitrogen and oxygen atoms in total. The highest BCUT2D eigenvalue weighted by Gasteiger charge is 2.37. The molecule has 5 heteroatoms. The Kier molecular flexibility index (Phi) is 3.42. The third-order valence-corrected chi connectivity index (χ3v) is 4.57. The number of nitrogens with one attached hydrogen (secondary N) is 1. The zero-order valence-electron chi connectivity index (χ0n) is 9.73. The summed E-state index contributed by atoms with van der Waals surface area (Å²) in [5, 5.41) is 3.32. The maximum Gasteiger partial charge on any atom is 0.245 e. The molecule has 1 saturated heterocycles. The van der Waals surface area contributed by atoms with Gasteiger partial charge in [0.25, 0.3) is 0 Å². The third-order valence-electron chi connectivity index (χ3n) is 3.48. The van der Waals surface area contributed by atoms with E-state index in [2.05, 4.69) is 11.6 Å². The molecule has 1 N–H and O–H groups in total. The van der Waals surface area contributed by atoms with Gasteiger partial charge in [-0.05, 0) is 32.4 Å². The number of carbonyl (C=O) groups excluding carboxylic acids is 2. The number of thioether (sulfide) groups is 1. The molecule has 2 fully saturated rings. The molecule has 0 aromatic heterocycles. The zero-order valence-corrected chi connectivity index (χ0v) is 10.5. The highest BCUT2D eigenvalue weighted by atomic mass is 32.2. The molecule has 1 heterocycles. The molecule has 1 saturated carbocycles.